The van der Waals surface area contributed by atoms with E-state index in [4.69, 9.17) is 10.00 Å². The molecule has 1 atom stereocenters. The van der Waals surface area contributed by atoms with Crippen molar-refractivity contribution in [3.05, 3.63) is 24.0 Å². The fourth-order valence-electron chi connectivity index (χ4n) is 3.52. The normalized spacial score (nSPS) is 19.3. The minimum absolute atomic E-state index is 0.0275. The molecule has 10 heteroatoms. The third kappa shape index (κ3) is 5.04. The van der Waals surface area contributed by atoms with Crippen LogP contribution in [0.3, 0.4) is 0 Å². The molecular formula is C20H24FN5O4. The third-order valence-corrected chi connectivity index (χ3v) is 5.09. The molecule has 0 saturated carbocycles. The molecule has 3 rings (SSSR count). The molecular weight excluding hydrogens is 393 g/mol. The van der Waals surface area contributed by atoms with Crippen LogP contribution < -0.4 is 15.2 Å². The minimum Gasteiger partial charge on any atom is -0.444 e. The maximum absolute atomic E-state index is 14.9. The lowest BCUT2D eigenvalue weighted by Crippen LogP contribution is -2.43. The van der Waals surface area contributed by atoms with E-state index in [0.717, 1.165) is 0 Å². The smallest absolute Gasteiger partial charge is 0.414 e. The number of nitrogens with zero attached hydrogens (tertiary/aromatic N) is 4. The molecule has 0 radical (unpaired) electrons. The highest BCUT2D eigenvalue weighted by molar-refractivity contribution is 5.90. The van der Waals surface area contributed by atoms with Crippen molar-refractivity contribution >= 4 is 29.2 Å². The second kappa shape index (κ2) is 9.54. The van der Waals surface area contributed by atoms with Gasteiger partial charge in [-0.15, -0.1) is 0 Å². The highest BCUT2D eigenvalue weighted by atomic mass is 19.1. The van der Waals surface area contributed by atoms with Crippen LogP contribution >= 0.6 is 0 Å². The number of Topliss-reactive ketones (excluding diaryl/α,β-unsaturated/α-hetero) is 1. The monoisotopic (exact) mass is 417 g/mol. The number of ether oxygens (including phenoxy) is 1. The number of carbonyl (C=O) groups is 3. The van der Waals surface area contributed by atoms with Gasteiger partial charge in [-0.1, -0.05) is 0 Å². The third-order valence-electron chi connectivity index (χ3n) is 5.09. The molecule has 160 valence electrons. The van der Waals surface area contributed by atoms with Crippen LogP contribution in [0.5, 0.6) is 0 Å². The fourth-order valence-corrected chi connectivity index (χ4v) is 3.52. The summed E-state index contributed by atoms with van der Waals surface area (Å²) in [6.45, 7) is 3.38. The molecule has 0 bridgehead atoms. The quantitative estimate of drug-likeness (QED) is 0.749. The van der Waals surface area contributed by atoms with Gasteiger partial charge in [0.05, 0.1) is 30.5 Å². The van der Waals surface area contributed by atoms with Gasteiger partial charge in [0.1, 0.15) is 24.1 Å². The second-order valence-electron chi connectivity index (χ2n) is 7.27. The maximum atomic E-state index is 14.9. The van der Waals surface area contributed by atoms with Crippen molar-refractivity contribution in [3.63, 3.8) is 0 Å². The predicted octanol–water partition coefficient (Wildman–Crippen LogP) is 1.59. The molecule has 0 aliphatic carbocycles. The molecule has 2 heterocycles. The van der Waals surface area contributed by atoms with Gasteiger partial charge in [0.25, 0.3) is 5.91 Å². The van der Waals surface area contributed by atoms with E-state index in [1.165, 1.54) is 22.9 Å². The Hall–Kier alpha value is -3.19. The number of ketones is 1. The number of benzene rings is 1. The molecule has 2 fully saturated rings. The lowest BCUT2D eigenvalue weighted by atomic mass is 10.1. The fraction of sp³-hybridized carbons (Fsp3) is 0.500. The number of anilines is 2. The average molecular weight is 417 g/mol. The van der Waals surface area contributed by atoms with Gasteiger partial charge in [-0.05, 0) is 31.5 Å². The number of cyclic esters (lactones) is 1. The molecule has 1 N–H and O–H groups in total. The van der Waals surface area contributed by atoms with Gasteiger partial charge in [0.2, 0.25) is 0 Å². The molecule has 2 saturated heterocycles. The van der Waals surface area contributed by atoms with Gasteiger partial charge in [-0.25, -0.2) is 14.6 Å². The highest BCUT2D eigenvalue weighted by Crippen LogP contribution is 2.29. The summed E-state index contributed by atoms with van der Waals surface area (Å²) in [5, 5.41) is 10.1. The van der Waals surface area contributed by atoms with Gasteiger partial charge >= 0.3 is 6.09 Å². The first-order valence-electron chi connectivity index (χ1n) is 9.82. The summed E-state index contributed by atoms with van der Waals surface area (Å²) in [4.78, 5) is 38.3. The Balaban J connectivity index is 1.65. The van der Waals surface area contributed by atoms with Crippen LogP contribution in [0.25, 0.3) is 0 Å². The second-order valence-corrected chi connectivity index (χ2v) is 7.27. The van der Waals surface area contributed by atoms with E-state index in [1.807, 2.05) is 11.0 Å². The summed E-state index contributed by atoms with van der Waals surface area (Å²) < 4.78 is 20.1. The molecule has 1 aromatic carbocycles. The standard InChI is InChI=1S/C20H24FN5O4/c1-14(27)2-4-16-13-25(20(29)30-16)15-3-5-18(17(21)12-15)24-9-8-23-26(11-10-24)19(28)6-7-22/h3,5,12,16,23H,2,4,6,8-11,13H2,1H3/t16-/m0/s1. The van der Waals surface area contributed by atoms with Crippen molar-refractivity contribution in [1.29, 1.82) is 5.26 Å². The first-order valence-corrected chi connectivity index (χ1v) is 9.82. The summed E-state index contributed by atoms with van der Waals surface area (Å²) in [5.74, 6) is -0.772. The zero-order chi connectivity index (χ0) is 21.7. The topological polar surface area (TPSA) is 106 Å². The average Bonchev–Trinajstić information content (AvgIpc) is 2.91. The summed E-state index contributed by atoms with van der Waals surface area (Å²) in [5.41, 5.74) is 3.71. The zero-order valence-corrected chi connectivity index (χ0v) is 16.8. The van der Waals surface area contributed by atoms with Crippen molar-refractivity contribution in [3.8, 4) is 6.07 Å². The number of halogens is 1. The van der Waals surface area contributed by atoms with Crippen LogP contribution in [0.15, 0.2) is 18.2 Å². The molecule has 2 aliphatic rings. The van der Waals surface area contributed by atoms with E-state index in [1.54, 1.807) is 12.1 Å². The van der Waals surface area contributed by atoms with Crippen LogP contribution in [-0.4, -0.2) is 61.6 Å². The molecule has 2 aliphatic heterocycles. The number of hydrazine groups is 1. The van der Waals surface area contributed by atoms with Crippen LogP contribution in [0.1, 0.15) is 26.2 Å². The van der Waals surface area contributed by atoms with Gasteiger partial charge in [-0.2, -0.15) is 5.26 Å². The Morgan fingerprint density at radius 3 is 2.83 bits per heavy atom. The Labute approximate surface area is 173 Å². The molecule has 30 heavy (non-hydrogen) atoms. The van der Waals surface area contributed by atoms with E-state index >= 15 is 0 Å². The number of hydrogen-bond acceptors (Lipinski definition) is 7. The number of nitriles is 1. The zero-order valence-electron chi connectivity index (χ0n) is 16.8. The van der Waals surface area contributed by atoms with Gasteiger partial charge < -0.3 is 14.4 Å². The maximum Gasteiger partial charge on any atom is 0.414 e. The first-order chi connectivity index (χ1) is 14.4. The Morgan fingerprint density at radius 2 is 2.13 bits per heavy atom. The van der Waals surface area contributed by atoms with Crippen LogP contribution in [0.4, 0.5) is 20.6 Å². The predicted molar refractivity (Wildman–Crippen MR) is 106 cm³/mol. The van der Waals surface area contributed by atoms with Crippen molar-refractivity contribution in [2.75, 3.05) is 42.5 Å². The molecule has 0 unspecified atom stereocenters. The van der Waals surface area contributed by atoms with Crippen molar-refractivity contribution < 1.29 is 23.5 Å². The molecule has 9 nitrogen and oxygen atoms in total. The summed E-state index contributed by atoms with van der Waals surface area (Å²) in [6.07, 6.45) is -0.384. The minimum atomic E-state index is -0.554. The van der Waals surface area contributed by atoms with E-state index < -0.39 is 18.0 Å². The number of nitrogens with one attached hydrogen (secondary N) is 1. The Bertz CT molecular complexity index is 871. The highest BCUT2D eigenvalue weighted by Gasteiger charge is 2.33. The number of rotatable bonds is 6. The van der Waals surface area contributed by atoms with Gasteiger partial charge in [0.15, 0.2) is 0 Å². The van der Waals surface area contributed by atoms with Crippen LogP contribution in [-0.2, 0) is 14.3 Å². The largest absolute Gasteiger partial charge is 0.444 e. The van der Waals surface area contributed by atoms with Crippen molar-refractivity contribution in [2.45, 2.75) is 32.3 Å². The summed E-state index contributed by atoms with van der Waals surface area (Å²) in [7, 11) is 0. The van der Waals surface area contributed by atoms with E-state index in [0.29, 0.717) is 50.4 Å². The van der Waals surface area contributed by atoms with Gasteiger partial charge in [-0.3, -0.25) is 14.7 Å². The van der Waals surface area contributed by atoms with Crippen LogP contribution in [0.2, 0.25) is 0 Å². The molecule has 2 amide bonds. The number of amides is 2. The summed E-state index contributed by atoms with van der Waals surface area (Å²) in [6, 6.07) is 6.38. The molecule has 0 spiro atoms. The lowest BCUT2D eigenvalue weighted by molar-refractivity contribution is -0.132. The molecule has 0 aromatic heterocycles. The van der Waals surface area contributed by atoms with E-state index in [-0.39, 0.29) is 24.7 Å². The van der Waals surface area contributed by atoms with Crippen LogP contribution in [0, 0.1) is 17.1 Å². The summed E-state index contributed by atoms with van der Waals surface area (Å²) >= 11 is 0. The molecule has 1 aromatic rings. The van der Waals surface area contributed by atoms with Crippen molar-refractivity contribution in [2.24, 2.45) is 0 Å². The number of hydrogen-bond donors (Lipinski definition) is 1. The Morgan fingerprint density at radius 1 is 1.33 bits per heavy atom. The van der Waals surface area contributed by atoms with Gasteiger partial charge in [0, 0.05) is 26.1 Å². The van der Waals surface area contributed by atoms with E-state index in [9.17, 15) is 18.8 Å². The van der Waals surface area contributed by atoms with Crippen molar-refractivity contribution in [1.82, 2.24) is 10.4 Å². The Kier molecular flexibility index (Phi) is 6.84. The number of carbonyl (C=O) groups excluding carboxylic acids is 3. The lowest BCUT2D eigenvalue weighted by Gasteiger charge is -2.24. The SMILES string of the molecule is CC(=O)CC[C@H]1CN(c2ccc(N3CCNN(C(=O)CC#N)CC3)c(F)c2)C(=O)O1. The first kappa shape index (κ1) is 21.5. The van der Waals surface area contributed by atoms with E-state index in [2.05, 4.69) is 5.43 Å².